The number of aliphatic hydroxyl groups excluding tert-OH is 1. The van der Waals surface area contributed by atoms with Gasteiger partial charge >= 0.3 is 0 Å². The van der Waals surface area contributed by atoms with Crippen LogP contribution in [-0.2, 0) is 9.59 Å². The van der Waals surface area contributed by atoms with Gasteiger partial charge in [0.25, 0.3) is 11.7 Å². The fourth-order valence-electron chi connectivity index (χ4n) is 4.39. The van der Waals surface area contributed by atoms with Gasteiger partial charge < -0.3 is 14.9 Å². The second-order valence-corrected chi connectivity index (χ2v) is 8.63. The molecule has 172 valence electrons. The van der Waals surface area contributed by atoms with E-state index >= 15 is 0 Å². The van der Waals surface area contributed by atoms with Crippen LogP contribution in [0, 0.1) is 19.7 Å². The monoisotopic (exact) mass is 450 g/mol. The minimum absolute atomic E-state index is 0.0112. The lowest BCUT2D eigenvalue weighted by Gasteiger charge is -2.26. The van der Waals surface area contributed by atoms with Crippen LogP contribution in [0.2, 0.25) is 0 Å². The summed E-state index contributed by atoms with van der Waals surface area (Å²) in [5.74, 6) is -2.13. The zero-order valence-corrected chi connectivity index (χ0v) is 19.2. The molecule has 0 saturated carbocycles. The number of hydrogen-bond donors (Lipinski definition) is 1. The van der Waals surface area contributed by atoms with E-state index in [1.54, 1.807) is 29.7 Å². The fraction of sp³-hybridized carbons (Fsp3) is 0.320. The molecule has 1 aliphatic heterocycles. The largest absolute Gasteiger partial charge is 0.505 e. The van der Waals surface area contributed by atoms with Crippen molar-refractivity contribution in [3.63, 3.8) is 0 Å². The van der Waals surface area contributed by atoms with Gasteiger partial charge in [-0.25, -0.2) is 9.37 Å². The summed E-state index contributed by atoms with van der Waals surface area (Å²) in [6.07, 6.45) is 2.41. The van der Waals surface area contributed by atoms with Crippen molar-refractivity contribution in [1.82, 2.24) is 19.2 Å². The van der Waals surface area contributed by atoms with Crippen molar-refractivity contribution in [3.8, 4) is 0 Å². The molecule has 1 saturated heterocycles. The molecule has 0 aliphatic carbocycles. The molecular formula is C25H27FN4O3. The summed E-state index contributed by atoms with van der Waals surface area (Å²) >= 11 is 0. The van der Waals surface area contributed by atoms with Crippen LogP contribution >= 0.6 is 0 Å². The Labute approximate surface area is 191 Å². The number of carbonyl (C=O) groups is 2. The van der Waals surface area contributed by atoms with Crippen LogP contribution in [0.25, 0.3) is 11.4 Å². The molecular weight excluding hydrogens is 423 g/mol. The van der Waals surface area contributed by atoms with Crippen molar-refractivity contribution in [3.05, 3.63) is 76.5 Å². The minimum Gasteiger partial charge on any atom is -0.505 e. The first-order chi connectivity index (χ1) is 15.7. The Morgan fingerprint density at radius 3 is 2.52 bits per heavy atom. The Hall–Kier alpha value is -3.52. The summed E-state index contributed by atoms with van der Waals surface area (Å²) < 4.78 is 15.4. The van der Waals surface area contributed by atoms with Gasteiger partial charge in [0.1, 0.15) is 17.2 Å². The van der Waals surface area contributed by atoms with E-state index in [1.165, 1.54) is 17.0 Å². The Balaban J connectivity index is 1.89. The van der Waals surface area contributed by atoms with Crippen LogP contribution in [0.4, 0.5) is 4.39 Å². The molecule has 7 nitrogen and oxygen atoms in total. The van der Waals surface area contributed by atoms with Gasteiger partial charge in [0.2, 0.25) is 0 Å². The molecule has 0 radical (unpaired) electrons. The van der Waals surface area contributed by atoms with Crippen LogP contribution in [0.1, 0.15) is 35.0 Å². The summed E-state index contributed by atoms with van der Waals surface area (Å²) in [4.78, 5) is 34.2. The molecule has 2 aromatic heterocycles. The molecule has 8 heteroatoms. The standard InChI is InChI=1S/C25H27FN4O3/c1-15-7-5-13-29-20(16(2)27-24(15)29)22(31)19-21(17-8-10-18(26)11-9-17)30(25(33)23(19)32)14-6-12-28(3)4/h5,7-11,13,21,31H,6,12,14H2,1-4H3/t21-/m1/s1. The zero-order chi connectivity index (χ0) is 23.9. The first-order valence-electron chi connectivity index (χ1n) is 10.8. The topological polar surface area (TPSA) is 78.1 Å². The van der Waals surface area contributed by atoms with Crippen molar-refractivity contribution < 1.29 is 19.1 Å². The van der Waals surface area contributed by atoms with E-state index in [1.807, 2.05) is 38.1 Å². The molecule has 0 bridgehead atoms. The highest BCUT2D eigenvalue weighted by Gasteiger charge is 2.46. The number of hydrogen-bond acceptors (Lipinski definition) is 5. The van der Waals surface area contributed by atoms with Gasteiger partial charge in [0.05, 0.1) is 17.3 Å². The second-order valence-electron chi connectivity index (χ2n) is 8.63. The van der Waals surface area contributed by atoms with E-state index in [0.717, 1.165) is 12.1 Å². The maximum atomic E-state index is 13.6. The third kappa shape index (κ3) is 4.02. The summed E-state index contributed by atoms with van der Waals surface area (Å²) in [5, 5.41) is 11.4. The van der Waals surface area contributed by atoms with Crippen LogP contribution in [-0.4, -0.2) is 63.2 Å². The predicted octanol–water partition coefficient (Wildman–Crippen LogP) is 3.46. The first kappa shape index (κ1) is 22.7. The van der Waals surface area contributed by atoms with E-state index in [-0.39, 0.29) is 11.3 Å². The molecule has 1 atom stereocenters. The number of imidazole rings is 1. The molecule has 3 aromatic rings. The normalized spacial score (nSPS) is 18.1. The van der Waals surface area contributed by atoms with Gasteiger partial charge in [-0.05, 0) is 70.2 Å². The van der Waals surface area contributed by atoms with Crippen molar-refractivity contribution in [1.29, 1.82) is 0 Å². The number of ketones is 1. The number of carbonyl (C=O) groups excluding carboxylic acids is 2. The summed E-state index contributed by atoms with van der Waals surface area (Å²) in [6, 6.07) is 8.59. The summed E-state index contributed by atoms with van der Waals surface area (Å²) in [6.45, 7) is 4.72. The molecule has 1 N–H and O–H groups in total. The average Bonchev–Trinajstić information content (AvgIpc) is 3.23. The Morgan fingerprint density at radius 2 is 1.85 bits per heavy atom. The Bertz CT molecular complexity index is 1260. The van der Waals surface area contributed by atoms with Crippen molar-refractivity contribution in [2.75, 3.05) is 27.2 Å². The quantitative estimate of drug-likeness (QED) is 0.354. The van der Waals surface area contributed by atoms with Crippen LogP contribution < -0.4 is 0 Å². The van der Waals surface area contributed by atoms with Gasteiger partial charge in [0, 0.05) is 12.7 Å². The number of nitrogens with zero attached hydrogens (tertiary/aromatic N) is 4. The number of fused-ring (bicyclic) bond motifs is 1. The van der Waals surface area contributed by atoms with Crippen LogP contribution in [0.3, 0.4) is 0 Å². The van der Waals surface area contributed by atoms with Gasteiger partial charge in [-0.1, -0.05) is 18.2 Å². The van der Waals surface area contributed by atoms with Crippen LogP contribution in [0.15, 0.2) is 48.2 Å². The van der Waals surface area contributed by atoms with Crippen molar-refractivity contribution >= 4 is 23.1 Å². The van der Waals surface area contributed by atoms with E-state index < -0.39 is 23.5 Å². The maximum absolute atomic E-state index is 13.6. The molecule has 1 aromatic carbocycles. The lowest BCUT2D eigenvalue weighted by molar-refractivity contribution is -0.139. The van der Waals surface area contributed by atoms with Gasteiger partial charge in [-0.15, -0.1) is 0 Å². The molecule has 33 heavy (non-hydrogen) atoms. The maximum Gasteiger partial charge on any atom is 0.295 e. The van der Waals surface area contributed by atoms with E-state index in [9.17, 15) is 19.1 Å². The van der Waals surface area contributed by atoms with E-state index in [2.05, 4.69) is 4.98 Å². The highest BCUT2D eigenvalue weighted by molar-refractivity contribution is 6.46. The second kappa shape index (κ2) is 8.78. The molecule has 4 rings (SSSR count). The SMILES string of the molecule is Cc1nc2c(C)cccn2c1C(O)=C1C(=O)C(=O)N(CCCN(C)C)[C@@H]1c1ccc(F)cc1. The molecule has 0 unspecified atom stereocenters. The minimum atomic E-state index is -0.817. The first-order valence-corrected chi connectivity index (χ1v) is 10.8. The molecule has 1 aliphatic rings. The smallest absolute Gasteiger partial charge is 0.295 e. The van der Waals surface area contributed by atoms with Gasteiger partial charge in [-0.2, -0.15) is 0 Å². The lowest BCUT2D eigenvalue weighted by atomic mass is 9.96. The Morgan fingerprint density at radius 1 is 1.15 bits per heavy atom. The number of aromatic nitrogens is 2. The van der Waals surface area contributed by atoms with Gasteiger partial charge in [0.15, 0.2) is 5.76 Å². The third-order valence-corrected chi connectivity index (χ3v) is 5.97. The third-order valence-electron chi connectivity index (χ3n) is 5.97. The van der Waals surface area contributed by atoms with Gasteiger partial charge in [-0.3, -0.25) is 14.0 Å². The zero-order valence-electron chi connectivity index (χ0n) is 19.2. The molecule has 3 heterocycles. The number of halogens is 1. The summed E-state index contributed by atoms with van der Waals surface area (Å²) in [7, 11) is 3.86. The highest BCUT2D eigenvalue weighted by atomic mass is 19.1. The summed E-state index contributed by atoms with van der Waals surface area (Å²) in [5.41, 5.74) is 3.03. The molecule has 0 spiro atoms. The number of pyridine rings is 1. The van der Waals surface area contributed by atoms with Crippen molar-refractivity contribution in [2.45, 2.75) is 26.3 Å². The molecule has 1 amide bonds. The number of rotatable bonds is 6. The molecule has 1 fully saturated rings. The number of aryl methyl sites for hydroxylation is 2. The van der Waals surface area contributed by atoms with Crippen LogP contribution in [0.5, 0.6) is 0 Å². The van der Waals surface area contributed by atoms with E-state index in [0.29, 0.717) is 35.6 Å². The van der Waals surface area contributed by atoms with Crippen molar-refractivity contribution in [2.24, 2.45) is 0 Å². The number of Topliss-reactive ketones (excluding diaryl/α,β-unsaturated/α-hetero) is 1. The average molecular weight is 451 g/mol. The lowest BCUT2D eigenvalue weighted by Crippen LogP contribution is -2.32. The van der Waals surface area contributed by atoms with E-state index in [4.69, 9.17) is 0 Å². The number of likely N-dealkylation sites (tertiary alicyclic amines) is 1. The Kier molecular flexibility index (Phi) is 6.03. The highest BCUT2D eigenvalue weighted by Crippen LogP contribution is 2.40. The number of aliphatic hydroxyl groups is 1. The number of benzene rings is 1. The fourth-order valence-corrected chi connectivity index (χ4v) is 4.39. The number of amides is 1. The predicted molar refractivity (Wildman–Crippen MR) is 123 cm³/mol.